The summed E-state index contributed by atoms with van der Waals surface area (Å²) in [5, 5.41) is 19.8. The van der Waals surface area contributed by atoms with Gasteiger partial charge in [0.2, 0.25) is 11.1 Å². The van der Waals surface area contributed by atoms with Crippen LogP contribution < -0.4 is 11.2 Å². The Morgan fingerprint density at radius 3 is 2.48 bits per heavy atom. The van der Waals surface area contributed by atoms with Gasteiger partial charge in [0, 0.05) is 12.7 Å². The van der Waals surface area contributed by atoms with Crippen LogP contribution in [-0.4, -0.2) is 45.6 Å². The normalized spacial score (nSPS) is 12.4. The fourth-order valence-corrected chi connectivity index (χ4v) is 3.48. The zero-order valence-electron chi connectivity index (χ0n) is 16.2. The average Bonchev–Trinajstić information content (AvgIpc) is 3.19. The first-order valence-corrected chi connectivity index (χ1v) is 9.28. The number of anilines is 1. The van der Waals surface area contributed by atoms with Crippen LogP contribution in [0.1, 0.15) is 29.7 Å². The molecule has 10 nitrogen and oxygen atoms in total. The second-order valence-electron chi connectivity index (χ2n) is 6.41. The third-order valence-electron chi connectivity index (χ3n) is 4.25. The molecule has 3 rings (SSSR count). The minimum atomic E-state index is -0.427. The molecule has 3 aromatic heterocycles. The van der Waals surface area contributed by atoms with Crippen molar-refractivity contribution < 1.29 is 4.79 Å². The number of nitrogens with zero attached hydrogens (tertiary/aromatic N) is 7. The molecule has 0 radical (unpaired) electrons. The summed E-state index contributed by atoms with van der Waals surface area (Å²) in [5.41, 5.74) is 4.16. The number of aromatic nitrogens is 7. The van der Waals surface area contributed by atoms with Crippen molar-refractivity contribution in [3.63, 3.8) is 0 Å². The summed E-state index contributed by atoms with van der Waals surface area (Å²) in [6, 6.07) is 1.93. The van der Waals surface area contributed by atoms with E-state index in [-0.39, 0.29) is 5.91 Å². The third-order valence-corrected chi connectivity index (χ3v) is 5.31. The zero-order chi connectivity index (χ0) is 19.9. The second kappa shape index (κ2) is 7.06. The number of carbonyl (C=O) groups excluding carboxylic acids is 1. The standard InChI is InChI=1S/C16H23N9OS/c1-8-7-9(2)25(21-8)15-19-20-16(24(15)17)27-12(5)14(26)18-13-10(3)22-23(6)11(13)4/h7,12H,17H2,1-6H3,(H,18,26). The molecule has 3 N–H and O–H groups in total. The maximum absolute atomic E-state index is 12.6. The van der Waals surface area contributed by atoms with Crippen LogP contribution in [0.25, 0.3) is 5.95 Å². The molecular weight excluding hydrogens is 366 g/mol. The number of carbonyl (C=O) groups is 1. The molecule has 0 aliphatic carbocycles. The van der Waals surface area contributed by atoms with Gasteiger partial charge in [-0.15, -0.1) is 10.2 Å². The molecule has 0 aromatic carbocycles. The maximum Gasteiger partial charge on any atom is 0.271 e. The summed E-state index contributed by atoms with van der Waals surface area (Å²) < 4.78 is 4.70. The van der Waals surface area contributed by atoms with Crippen molar-refractivity contribution in [2.24, 2.45) is 7.05 Å². The number of rotatable bonds is 5. The van der Waals surface area contributed by atoms with Gasteiger partial charge in [-0.05, 0) is 40.7 Å². The van der Waals surface area contributed by atoms with E-state index in [1.165, 1.54) is 16.4 Å². The molecule has 1 unspecified atom stereocenters. The molecule has 3 heterocycles. The van der Waals surface area contributed by atoms with E-state index in [1.807, 2.05) is 40.8 Å². The Hall–Kier alpha value is -2.82. The van der Waals surface area contributed by atoms with Crippen LogP contribution in [-0.2, 0) is 11.8 Å². The van der Waals surface area contributed by atoms with Gasteiger partial charge < -0.3 is 11.2 Å². The minimum Gasteiger partial charge on any atom is -0.334 e. The van der Waals surface area contributed by atoms with Crippen molar-refractivity contribution in [1.29, 1.82) is 0 Å². The molecule has 0 fully saturated rings. The molecule has 0 spiro atoms. The highest BCUT2D eigenvalue weighted by Crippen LogP contribution is 2.25. The summed E-state index contributed by atoms with van der Waals surface area (Å²) in [7, 11) is 1.84. The van der Waals surface area contributed by atoms with Gasteiger partial charge in [0.15, 0.2) is 0 Å². The van der Waals surface area contributed by atoms with Gasteiger partial charge in [-0.3, -0.25) is 9.48 Å². The number of nitrogens with one attached hydrogen (secondary N) is 1. The lowest BCUT2D eigenvalue weighted by atomic mass is 10.3. The van der Waals surface area contributed by atoms with Gasteiger partial charge >= 0.3 is 0 Å². The highest BCUT2D eigenvalue weighted by molar-refractivity contribution is 8.00. The molecular formula is C16H23N9OS. The smallest absolute Gasteiger partial charge is 0.271 e. The summed E-state index contributed by atoms with van der Waals surface area (Å²) in [6.45, 7) is 9.36. The SMILES string of the molecule is Cc1cc(C)n(-c2nnc(SC(C)C(=O)Nc3c(C)nn(C)c3C)n2N)n1. The zero-order valence-corrected chi connectivity index (χ0v) is 17.0. The van der Waals surface area contributed by atoms with Gasteiger partial charge in [0.05, 0.1) is 28.0 Å². The number of amides is 1. The number of hydrogen-bond donors (Lipinski definition) is 2. The van der Waals surface area contributed by atoms with Crippen LogP contribution in [0.15, 0.2) is 11.2 Å². The first-order valence-electron chi connectivity index (χ1n) is 8.41. The molecule has 0 aliphatic heterocycles. The van der Waals surface area contributed by atoms with Crippen LogP contribution in [0.4, 0.5) is 5.69 Å². The Morgan fingerprint density at radius 2 is 1.93 bits per heavy atom. The lowest BCUT2D eigenvalue weighted by Gasteiger charge is -2.12. The van der Waals surface area contributed by atoms with E-state index in [1.54, 1.807) is 16.3 Å². The van der Waals surface area contributed by atoms with Gasteiger partial charge in [-0.25, -0.2) is 9.36 Å². The lowest BCUT2D eigenvalue weighted by molar-refractivity contribution is -0.115. The number of hydrogen-bond acceptors (Lipinski definition) is 7. The van der Waals surface area contributed by atoms with Crippen LogP contribution in [0.5, 0.6) is 0 Å². The third kappa shape index (κ3) is 3.54. The van der Waals surface area contributed by atoms with E-state index >= 15 is 0 Å². The molecule has 0 saturated heterocycles. The van der Waals surface area contributed by atoms with Gasteiger partial charge in [-0.1, -0.05) is 11.8 Å². The summed E-state index contributed by atoms with van der Waals surface area (Å²) >= 11 is 1.23. The van der Waals surface area contributed by atoms with Crippen LogP contribution in [0, 0.1) is 27.7 Å². The first kappa shape index (κ1) is 19.0. The summed E-state index contributed by atoms with van der Waals surface area (Å²) in [4.78, 5) is 12.6. The number of nitrogens with two attached hydrogens (primary N) is 1. The highest BCUT2D eigenvalue weighted by Gasteiger charge is 2.22. The quantitative estimate of drug-likeness (QED) is 0.498. The minimum absolute atomic E-state index is 0.158. The van der Waals surface area contributed by atoms with Crippen molar-refractivity contribution >= 4 is 23.4 Å². The summed E-state index contributed by atoms with van der Waals surface area (Å²) in [6.07, 6.45) is 0. The van der Waals surface area contributed by atoms with Gasteiger partial charge in [-0.2, -0.15) is 10.2 Å². The molecule has 3 aromatic rings. The van der Waals surface area contributed by atoms with E-state index in [9.17, 15) is 4.79 Å². The molecule has 1 atom stereocenters. The van der Waals surface area contributed by atoms with Crippen molar-refractivity contribution in [3.05, 3.63) is 28.8 Å². The molecule has 11 heteroatoms. The van der Waals surface area contributed by atoms with E-state index in [0.29, 0.717) is 11.1 Å². The Kier molecular flexibility index (Phi) is 4.96. The number of thioether (sulfide) groups is 1. The Morgan fingerprint density at radius 1 is 1.22 bits per heavy atom. The van der Waals surface area contributed by atoms with Crippen molar-refractivity contribution in [1.82, 2.24) is 34.4 Å². The molecule has 0 saturated carbocycles. The molecule has 0 bridgehead atoms. The Labute approximate surface area is 161 Å². The van der Waals surface area contributed by atoms with Crippen LogP contribution in [0.3, 0.4) is 0 Å². The molecule has 144 valence electrons. The number of aryl methyl sites for hydroxylation is 4. The topological polar surface area (TPSA) is 121 Å². The Bertz CT molecular complexity index is 1000. The van der Waals surface area contributed by atoms with Crippen molar-refractivity contribution in [3.8, 4) is 5.95 Å². The predicted molar refractivity (Wildman–Crippen MR) is 103 cm³/mol. The number of nitrogen functional groups attached to an aromatic ring is 1. The molecule has 27 heavy (non-hydrogen) atoms. The average molecular weight is 389 g/mol. The van der Waals surface area contributed by atoms with Crippen molar-refractivity contribution in [2.75, 3.05) is 11.2 Å². The van der Waals surface area contributed by atoms with E-state index in [0.717, 1.165) is 28.5 Å². The molecule has 0 aliphatic rings. The summed E-state index contributed by atoms with van der Waals surface area (Å²) in [5.74, 6) is 6.37. The highest BCUT2D eigenvalue weighted by atomic mass is 32.2. The van der Waals surface area contributed by atoms with Crippen molar-refractivity contribution in [2.45, 2.75) is 45.0 Å². The predicted octanol–water partition coefficient (Wildman–Crippen LogP) is 1.26. The second-order valence-corrected chi connectivity index (χ2v) is 7.72. The van der Waals surface area contributed by atoms with E-state index in [4.69, 9.17) is 5.84 Å². The largest absolute Gasteiger partial charge is 0.334 e. The Balaban J connectivity index is 1.75. The van der Waals surface area contributed by atoms with Crippen LogP contribution in [0.2, 0.25) is 0 Å². The van der Waals surface area contributed by atoms with Gasteiger partial charge in [0.25, 0.3) is 5.95 Å². The van der Waals surface area contributed by atoms with Crippen LogP contribution >= 0.6 is 11.8 Å². The fraction of sp³-hybridized carbons (Fsp3) is 0.438. The maximum atomic E-state index is 12.6. The van der Waals surface area contributed by atoms with Gasteiger partial charge in [0.1, 0.15) is 0 Å². The van der Waals surface area contributed by atoms with E-state index in [2.05, 4.69) is 25.7 Å². The lowest BCUT2D eigenvalue weighted by Crippen LogP contribution is -2.24. The van der Waals surface area contributed by atoms with E-state index < -0.39 is 5.25 Å². The molecule has 1 amide bonds. The first-order chi connectivity index (χ1) is 12.7. The monoisotopic (exact) mass is 389 g/mol. The fourth-order valence-electron chi connectivity index (χ4n) is 2.72.